The summed E-state index contributed by atoms with van der Waals surface area (Å²) >= 11 is 0. The van der Waals surface area contributed by atoms with Gasteiger partial charge in [-0.25, -0.2) is 5.84 Å². The van der Waals surface area contributed by atoms with E-state index in [9.17, 15) is 9.59 Å². The lowest BCUT2D eigenvalue weighted by Gasteiger charge is -2.02. The van der Waals surface area contributed by atoms with Gasteiger partial charge in [0, 0.05) is 25.2 Å². The van der Waals surface area contributed by atoms with E-state index >= 15 is 0 Å². The molecule has 3 N–H and O–H groups in total. The van der Waals surface area contributed by atoms with Crippen molar-refractivity contribution in [3.05, 3.63) is 34.7 Å². The minimum atomic E-state index is -0.282. The number of hydrogen-bond acceptors (Lipinski definition) is 3. The Labute approximate surface area is 75.1 Å². The van der Waals surface area contributed by atoms with Crippen molar-refractivity contribution in [2.24, 2.45) is 5.84 Å². The molecule has 0 aliphatic carbocycles. The molecule has 0 aromatic carbocycles. The Bertz CT molecular complexity index is 345. The second-order valence-electron chi connectivity index (χ2n) is 2.55. The molecule has 0 spiro atoms. The van der Waals surface area contributed by atoms with E-state index in [4.69, 9.17) is 5.84 Å². The minimum Gasteiger partial charge on any atom is -0.315 e. The monoisotopic (exact) mass is 181 g/mol. The fraction of sp³-hybridized carbons (Fsp3) is 0.250. The van der Waals surface area contributed by atoms with E-state index in [-0.39, 0.29) is 17.9 Å². The molecule has 0 fully saturated rings. The number of carbonyl (C=O) groups is 1. The van der Waals surface area contributed by atoms with Crippen molar-refractivity contribution in [3.8, 4) is 0 Å². The third kappa shape index (κ3) is 2.72. The van der Waals surface area contributed by atoms with Gasteiger partial charge in [0.25, 0.3) is 5.56 Å². The SMILES string of the molecule is NNC(=O)CCn1ccccc1=O. The molecular formula is C8H11N3O2. The van der Waals surface area contributed by atoms with E-state index in [0.29, 0.717) is 6.54 Å². The van der Waals surface area contributed by atoms with Crippen molar-refractivity contribution in [2.75, 3.05) is 0 Å². The second-order valence-corrected chi connectivity index (χ2v) is 2.55. The molecule has 13 heavy (non-hydrogen) atoms. The first kappa shape index (κ1) is 9.47. The summed E-state index contributed by atoms with van der Waals surface area (Å²) in [4.78, 5) is 21.9. The summed E-state index contributed by atoms with van der Waals surface area (Å²) in [5, 5.41) is 0. The van der Waals surface area contributed by atoms with Crippen LogP contribution in [0, 0.1) is 0 Å². The lowest BCUT2D eigenvalue weighted by Crippen LogP contribution is -2.31. The van der Waals surface area contributed by atoms with Crippen LogP contribution in [0.15, 0.2) is 29.2 Å². The Kier molecular flexibility index (Phi) is 3.22. The van der Waals surface area contributed by atoms with Crippen molar-refractivity contribution in [2.45, 2.75) is 13.0 Å². The highest BCUT2D eigenvalue weighted by molar-refractivity contribution is 5.74. The van der Waals surface area contributed by atoms with Crippen molar-refractivity contribution in [3.63, 3.8) is 0 Å². The first-order chi connectivity index (χ1) is 6.24. The maximum atomic E-state index is 11.1. The highest BCUT2D eigenvalue weighted by atomic mass is 16.2. The molecule has 0 saturated heterocycles. The van der Waals surface area contributed by atoms with Gasteiger partial charge in [-0.05, 0) is 6.07 Å². The lowest BCUT2D eigenvalue weighted by atomic mass is 10.4. The molecule has 0 radical (unpaired) electrons. The van der Waals surface area contributed by atoms with Crippen LogP contribution in [0.1, 0.15) is 6.42 Å². The number of hydrazine groups is 1. The van der Waals surface area contributed by atoms with Gasteiger partial charge in [0.15, 0.2) is 0 Å². The summed E-state index contributed by atoms with van der Waals surface area (Å²) in [7, 11) is 0. The zero-order valence-corrected chi connectivity index (χ0v) is 7.06. The summed E-state index contributed by atoms with van der Waals surface area (Å²) in [6, 6.07) is 4.84. The molecular weight excluding hydrogens is 170 g/mol. The van der Waals surface area contributed by atoms with Crippen LogP contribution in [0.4, 0.5) is 0 Å². The number of aryl methyl sites for hydroxylation is 1. The molecule has 0 saturated carbocycles. The van der Waals surface area contributed by atoms with Gasteiger partial charge in [-0.3, -0.25) is 15.0 Å². The van der Waals surface area contributed by atoms with Crippen LogP contribution >= 0.6 is 0 Å². The Morgan fingerprint density at radius 2 is 2.31 bits per heavy atom. The maximum absolute atomic E-state index is 11.1. The molecule has 1 aromatic heterocycles. The van der Waals surface area contributed by atoms with Gasteiger partial charge in [0.2, 0.25) is 5.91 Å². The fourth-order valence-electron chi connectivity index (χ4n) is 0.940. The van der Waals surface area contributed by atoms with E-state index in [1.54, 1.807) is 18.3 Å². The summed E-state index contributed by atoms with van der Waals surface area (Å²) in [6.07, 6.45) is 1.84. The van der Waals surface area contributed by atoms with Crippen molar-refractivity contribution in [1.82, 2.24) is 9.99 Å². The topological polar surface area (TPSA) is 77.1 Å². The summed E-state index contributed by atoms with van der Waals surface area (Å²) < 4.78 is 1.45. The molecule has 1 rings (SSSR count). The van der Waals surface area contributed by atoms with Gasteiger partial charge in [-0.15, -0.1) is 0 Å². The zero-order chi connectivity index (χ0) is 9.68. The molecule has 1 amide bonds. The molecule has 0 atom stereocenters. The number of aromatic nitrogens is 1. The number of pyridine rings is 1. The lowest BCUT2D eigenvalue weighted by molar-refractivity contribution is -0.121. The third-order valence-corrected chi connectivity index (χ3v) is 1.64. The molecule has 5 nitrogen and oxygen atoms in total. The largest absolute Gasteiger partial charge is 0.315 e. The van der Waals surface area contributed by atoms with E-state index in [1.165, 1.54) is 10.6 Å². The Morgan fingerprint density at radius 1 is 1.54 bits per heavy atom. The summed E-state index contributed by atoms with van der Waals surface area (Å²) in [6.45, 7) is 0.350. The summed E-state index contributed by atoms with van der Waals surface area (Å²) in [5.74, 6) is 4.61. The number of nitrogens with two attached hydrogens (primary N) is 1. The highest BCUT2D eigenvalue weighted by Gasteiger charge is 1.99. The van der Waals surface area contributed by atoms with E-state index < -0.39 is 0 Å². The van der Waals surface area contributed by atoms with Gasteiger partial charge < -0.3 is 4.57 Å². The normalized spacial score (nSPS) is 9.62. The van der Waals surface area contributed by atoms with Crippen molar-refractivity contribution >= 4 is 5.91 Å². The molecule has 0 unspecified atom stereocenters. The average Bonchev–Trinajstić information content (AvgIpc) is 2.16. The number of hydrogen-bond donors (Lipinski definition) is 2. The van der Waals surface area contributed by atoms with Gasteiger partial charge >= 0.3 is 0 Å². The minimum absolute atomic E-state index is 0.118. The molecule has 5 heteroatoms. The van der Waals surface area contributed by atoms with Gasteiger partial charge in [0.1, 0.15) is 0 Å². The predicted molar refractivity (Wildman–Crippen MR) is 47.6 cm³/mol. The van der Waals surface area contributed by atoms with Gasteiger partial charge in [-0.2, -0.15) is 0 Å². The van der Waals surface area contributed by atoms with Crippen LogP contribution < -0.4 is 16.8 Å². The summed E-state index contributed by atoms with van der Waals surface area (Å²) in [5.41, 5.74) is 1.88. The van der Waals surface area contributed by atoms with E-state index in [1.807, 2.05) is 5.43 Å². The molecule has 0 aliphatic heterocycles. The van der Waals surface area contributed by atoms with Crippen LogP contribution in [-0.2, 0) is 11.3 Å². The Morgan fingerprint density at radius 3 is 2.92 bits per heavy atom. The predicted octanol–water partition coefficient (Wildman–Crippen LogP) is -0.772. The smallest absolute Gasteiger partial charge is 0.250 e. The highest BCUT2D eigenvalue weighted by Crippen LogP contribution is 1.86. The van der Waals surface area contributed by atoms with Crippen LogP contribution in [0.2, 0.25) is 0 Å². The first-order valence-electron chi connectivity index (χ1n) is 3.89. The molecule has 0 bridgehead atoms. The molecule has 70 valence electrons. The second kappa shape index (κ2) is 4.42. The zero-order valence-electron chi connectivity index (χ0n) is 7.06. The van der Waals surface area contributed by atoms with Crippen LogP contribution in [-0.4, -0.2) is 10.5 Å². The number of carbonyl (C=O) groups excluding carboxylic acids is 1. The van der Waals surface area contributed by atoms with Crippen LogP contribution in [0.5, 0.6) is 0 Å². The number of nitrogens with zero attached hydrogens (tertiary/aromatic N) is 1. The average molecular weight is 181 g/mol. The number of amides is 1. The quantitative estimate of drug-likeness (QED) is 0.365. The van der Waals surface area contributed by atoms with E-state index in [0.717, 1.165) is 0 Å². The van der Waals surface area contributed by atoms with Crippen molar-refractivity contribution in [1.29, 1.82) is 0 Å². The molecule has 1 heterocycles. The Balaban J connectivity index is 2.60. The molecule has 1 aromatic rings. The Hall–Kier alpha value is -1.62. The first-order valence-corrected chi connectivity index (χ1v) is 3.89. The standard InChI is InChI=1S/C8H11N3O2/c9-10-7(12)4-6-11-5-2-1-3-8(11)13/h1-3,5H,4,6,9H2,(H,10,12). The third-order valence-electron chi connectivity index (χ3n) is 1.64. The van der Waals surface area contributed by atoms with Crippen LogP contribution in [0.3, 0.4) is 0 Å². The number of nitrogens with one attached hydrogen (secondary N) is 1. The number of rotatable bonds is 3. The maximum Gasteiger partial charge on any atom is 0.250 e. The van der Waals surface area contributed by atoms with E-state index in [2.05, 4.69) is 0 Å². The van der Waals surface area contributed by atoms with Gasteiger partial charge in [0.05, 0.1) is 0 Å². The van der Waals surface area contributed by atoms with Crippen molar-refractivity contribution < 1.29 is 4.79 Å². The molecule has 0 aliphatic rings. The van der Waals surface area contributed by atoms with Gasteiger partial charge in [-0.1, -0.05) is 6.07 Å². The van der Waals surface area contributed by atoms with Crippen LogP contribution in [0.25, 0.3) is 0 Å². The fourth-order valence-corrected chi connectivity index (χ4v) is 0.940.